The molecule has 0 bridgehead atoms. The van der Waals surface area contributed by atoms with Crippen molar-refractivity contribution in [2.75, 3.05) is 17.2 Å². The van der Waals surface area contributed by atoms with Crippen LogP contribution in [0.15, 0.2) is 53.4 Å². The normalized spacial score (nSPS) is 14.6. The van der Waals surface area contributed by atoms with Crippen molar-refractivity contribution in [3.05, 3.63) is 48.5 Å². The Morgan fingerprint density at radius 2 is 1.48 bits per heavy atom. The smallest absolute Gasteiger partial charge is 0.262 e. The SMILES string of the molecule is CC(=O)Nc1ccc(NC(=O)COc2ccc(S(=O)(=O)NC3CCCCC3)cc2)cc1. The van der Waals surface area contributed by atoms with Crippen LogP contribution in [0.4, 0.5) is 11.4 Å². The zero-order chi connectivity index (χ0) is 22.3. The predicted molar refractivity (Wildman–Crippen MR) is 119 cm³/mol. The van der Waals surface area contributed by atoms with Crippen LogP contribution in [-0.2, 0) is 19.6 Å². The molecule has 8 nitrogen and oxygen atoms in total. The molecular formula is C22H27N3O5S. The second kappa shape index (κ2) is 10.4. The zero-order valence-electron chi connectivity index (χ0n) is 17.4. The van der Waals surface area contributed by atoms with Gasteiger partial charge < -0.3 is 15.4 Å². The van der Waals surface area contributed by atoms with Crippen LogP contribution in [0, 0.1) is 0 Å². The third-order valence-corrected chi connectivity index (χ3v) is 6.46. The number of hydrogen-bond acceptors (Lipinski definition) is 5. The van der Waals surface area contributed by atoms with Gasteiger partial charge in [0.05, 0.1) is 4.90 Å². The van der Waals surface area contributed by atoms with Crippen molar-refractivity contribution in [1.29, 1.82) is 0 Å². The molecule has 1 aliphatic rings. The first-order valence-electron chi connectivity index (χ1n) is 10.2. The first-order chi connectivity index (χ1) is 14.8. The average molecular weight is 446 g/mol. The fourth-order valence-electron chi connectivity index (χ4n) is 3.41. The van der Waals surface area contributed by atoms with E-state index in [1.807, 2.05) is 0 Å². The molecule has 0 heterocycles. The minimum atomic E-state index is -3.57. The highest BCUT2D eigenvalue weighted by Gasteiger charge is 2.21. The van der Waals surface area contributed by atoms with Crippen LogP contribution >= 0.6 is 0 Å². The van der Waals surface area contributed by atoms with E-state index in [0.29, 0.717) is 17.1 Å². The number of amides is 2. The number of rotatable bonds is 8. The summed E-state index contributed by atoms with van der Waals surface area (Å²) in [6.45, 7) is 1.20. The summed E-state index contributed by atoms with van der Waals surface area (Å²) in [7, 11) is -3.57. The number of ether oxygens (including phenoxy) is 1. The van der Waals surface area contributed by atoms with E-state index in [1.165, 1.54) is 31.2 Å². The summed E-state index contributed by atoms with van der Waals surface area (Å²) < 4.78 is 33.3. The third kappa shape index (κ3) is 7.08. The average Bonchev–Trinajstić information content (AvgIpc) is 2.74. The van der Waals surface area contributed by atoms with Crippen LogP contribution in [0.1, 0.15) is 39.0 Å². The van der Waals surface area contributed by atoms with E-state index in [1.54, 1.807) is 24.3 Å². The highest BCUT2D eigenvalue weighted by Crippen LogP contribution is 2.21. The molecule has 1 saturated carbocycles. The molecule has 3 N–H and O–H groups in total. The van der Waals surface area contributed by atoms with Crippen LogP contribution in [-0.4, -0.2) is 32.9 Å². The molecule has 1 fully saturated rings. The van der Waals surface area contributed by atoms with Crippen LogP contribution in [0.5, 0.6) is 5.75 Å². The zero-order valence-corrected chi connectivity index (χ0v) is 18.2. The molecule has 2 aromatic rings. The number of benzene rings is 2. The largest absolute Gasteiger partial charge is 0.484 e. The van der Waals surface area contributed by atoms with E-state index in [-0.39, 0.29) is 29.4 Å². The van der Waals surface area contributed by atoms with Crippen molar-refractivity contribution in [3.63, 3.8) is 0 Å². The Balaban J connectivity index is 1.49. The summed E-state index contributed by atoms with van der Waals surface area (Å²) in [5.41, 5.74) is 1.20. The number of carbonyl (C=O) groups is 2. The maximum absolute atomic E-state index is 12.5. The van der Waals surface area contributed by atoms with Gasteiger partial charge in [-0.05, 0) is 61.4 Å². The van der Waals surface area contributed by atoms with Crippen molar-refractivity contribution < 1.29 is 22.7 Å². The summed E-state index contributed by atoms with van der Waals surface area (Å²) in [5, 5.41) is 5.34. The molecule has 3 rings (SSSR count). The lowest BCUT2D eigenvalue weighted by Gasteiger charge is -2.22. The van der Waals surface area contributed by atoms with Crippen LogP contribution in [0.25, 0.3) is 0 Å². The summed E-state index contributed by atoms with van der Waals surface area (Å²) in [6.07, 6.45) is 4.97. The molecule has 0 aliphatic heterocycles. The quantitative estimate of drug-likeness (QED) is 0.577. The van der Waals surface area contributed by atoms with Gasteiger partial charge in [-0.15, -0.1) is 0 Å². The first kappa shape index (κ1) is 22.8. The highest BCUT2D eigenvalue weighted by atomic mass is 32.2. The Morgan fingerprint density at radius 3 is 2.06 bits per heavy atom. The number of sulfonamides is 1. The van der Waals surface area contributed by atoms with Crippen molar-refractivity contribution in [3.8, 4) is 5.75 Å². The molecule has 0 spiro atoms. The van der Waals surface area contributed by atoms with Crippen molar-refractivity contribution in [1.82, 2.24) is 4.72 Å². The Kier molecular flexibility index (Phi) is 7.64. The van der Waals surface area contributed by atoms with E-state index >= 15 is 0 Å². The molecule has 1 aliphatic carbocycles. The van der Waals surface area contributed by atoms with Gasteiger partial charge in [-0.25, -0.2) is 13.1 Å². The molecule has 166 valence electrons. The van der Waals surface area contributed by atoms with Gasteiger partial charge in [-0.3, -0.25) is 9.59 Å². The maximum atomic E-state index is 12.5. The number of anilines is 2. The van der Waals surface area contributed by atoms with E-state index in [9.17, 15) is 18.0 Å². The minimum absolute atomic E-state index is 0.00863. The minimum Gasteiger partial charge on any atom is -0.484 e. The van der Waals surface area contributed by atoms with Crippen LogP contribution in [0.3, 0.4) is 0 Å². The topological polar surface area (TPSA) is 114 Å². The lowest BCUT2D eigenvalue weighted by atomic mass is 9.96. The van der Waals surface area contributed by atoms with E-state index < -0.39 is 10.0 Å². The Morgan fingerprint density at radius 1 is 0.903 bits per heavy atom. The molecule has 0 radical (unpaired) electrons. The number of hydrogen-bond donors (Lipinski definition) is 3. The number of nitrogens with one attached hydrogen (secondary N) is 3. The molecule has 2 aromatic carbocycles. The monoisotopic (exact) mass is 445 g/mol. The highest BCUT2D eigenvalue weighted by molar-refractivity contribution is 7.89. The summed E-state index contributed by atoms with van der Waals surface area (Å²) in [5.74, 6) is -0.135. The molecule has 9 heteroatoms. The van der Waals surface area contributed by atoms with Gasteiger partial charge >= 0.3 is 0 Å². The summed E-state index contributed by atoms with van der Waals surface area (Å²) >= 11 is 0. The van der Waals surface area contributed by atoms with Gasteiger partial charge in [-0.1, -0.05) is 19.3 Å². The molecule has 0 unspecified atom stereocenters. The standard InChI is InChI=1S/C22H27N3O5S/c1-16(26)23-17-7-9-18(10-8-17)24-22(27)15-30-20-11-13-21(14-12-20)31(28,29)25-19-5-3-2-4-6-19/h7-14,19,25H,2-6,15H2,1H3,(H,23,26)(H,24,27). The van der Waals surface area contributed by atoms with Crippen molar-refractivity contribution in [2.45, 2.75) is 50.0 Å². The van der Waals surface area contributed by atoms with Gasteiger partial charge in [0, 0.05) is 24.3 Å². The fourth-order valence-corrected chi connectivity index (χ4v) is 4.71. The summed E-state index contributed by atoms with van der Waals surface area (Å²) in [4.78, 5) is 23.3. The molecule has 2 amide bonds. The van der Waals surface area contributed by atoms with Gasteiger partial charge in [0.2, 0.25) is 15.9 Å². The lowest BCUT2D eigenvalue weighted by Crippen LogP contribution is -2.36. The van der Waals surface area contributed by atoms with Gasteiger partial charge in [0.1, 0.15) is 5.75 Å². The third-order valence-electron chi connectivity index (χ3n) is 4.92. The van der Waals surface area contributed by atoms with E-state index in [4.69, 9.17) is 4.74 Å². The Labute approximate surface area is 182 Å². The van der Waals surface area contributed by atoms with Gasteiger partial charge in [-0.2, -0.15) is 0 Å². The van der Waals surface area contributed by atoms with Crippen LogP contribution in [0.2, 0.25) is 0 Å². The van der Waals surface area contributed by atoms with Crippen LogP contribution < -0.4 is 20.1 Å². The van der Waals surface area contributed by atoms with E-state index in [2.05, 4.69) is 15.4 Å². The van der Waals surface area contributed by atoms with Crippen molar-refractivity contribution >= 4 is 33.2 Å². The predicted octanol–water partition coefficient (Wildman–Crippen LogP) is 3.27. The maximum Gasteiger partial charge on any atom is 0.262 e. The molecule has 31 heavy (non-hydrogen) atoms. The molecule has 0 aromatic heterocycles. The molecule has 0 atom stereocenters. The lowest BCUT2D eigenvalue weighted by molar-refractivity contribution is -0.118. The molecular weight excluding hydrogens is 418 g/mol. The number of carbonyl (C=O) groups excluding carboxylic acids is 2. The summed E-state index contributed by atoms with van der Waals surface area (Å²) in [6, 6.07) is 12.7. The Bertz CT molecular complexity index is 998. The fraction of sp³-hybridized carbons (Fsp3) is 0.364. The first-order valence-corrected chi connectivity index (χ1v) is 11.7. The van der Waals surface area contributed by atoms with E-state index in [0.717, 1.165) is 32.1 Å². The second-order valence-corrected chi connectivity index (χ2v) is 9.24. The second-order valence-electron chi connectivity index (χ2n) is 7.52. The van der Waals surface area contributed by atoms with Gasteiger partial charge in [0.15, 0.2) is 6.61 Å². The van der Waals surface area contributed by atoms with Crippen molar-refractivity contribution in [2.24, 2.45) is 0 Å². The Hall–Kier alpha value is -2.91. The molecule has 0 saturated heterocycles. The van der Waals surface area contributed by atoms with Gasteiger partial charge in [0.25, 0.3) is 5.91 Å².